The molecule has 1 aliphatic heterocycles. The highest BCUT2D eigenvalue weighted by molar-refractivity contribution is 5.39. The summed E-state index contributed by atoms with van der Waals surface area (Å²) >= 11 is 0. The van der Waals surface area contributed by atoms with Crippen LogP contribution in [0.2, 0.25) is 0 Å². The number of hydrogen-bond acceptors (Lipinski definition) is 3. The van der Waals surface area contributed by atoms with Crippen molar-refractivity contribution in [3.63, 3.8) is 0 Å². The Balaban J connectivity index is 1.97. The summed E-state index contributed by atoms with van der Waals surface area (Å²) in [4.78, 5) is 2.38. The summed E-state index contributed by atoms with van der Waals surface area (Å²) in [7, 11) is 2.18. The molecule has 1 saturated heterocycles. The molecule has 0 amide bonds. The van der Waals surface area contributed by atoms with Crippen LogP contribution in [0.25, 0.3) is 5.65 Å². The Hall–Kier alpha value is -1.42. The quantitative estimate of drug-likeness (QED) is 0.749. The normalized spacial score (nSPS) is 18.9. The average Bonchev–Trinajstić information content (AvgIpc) is 2.73. The lowest BCUT2D eigenvalue weighted by atomic mass is 9.96. The van der Waals surface area contributed by atoms with E-state index < -0.39 is 0 Å². The fraction of sp³-hybridized carbons (Fsp3) is 0.538. The Morgan fingerprint density at radius 2 is 1.94 bits per heavy atom. The molecule has 0 bridgehead atoms. The minimum absolute atomic E-state index is 0.558. The molecular formula is C13H18N4. The minimum Gasteiger partial charge on any atom is -0.306 e. The highest BCUT2D eigenvalue weighted by atomic mass is 15.2. The van der Waals surface area contributed by atoms with E-state index in [0.717, 1.165) is 24.6 Å². The molecule has 1 fully saturated rings. The number of aromatic nitrogens is 3. The molecule has 2 aromatic heterocycles. The zero-order chi connectivity index (χ0) is 11.8. The van der Waals surface area contributed by atoms with Gasteiger partial charge in [0, 0.05) is 12.1 Å². The summed E-state index contributed by atoms with van der Waals surface area (Å²) < 4.78 is 2.16. The molecule has 0 radical (unpaired) electrons. The third kappa shape index (κ3) is 1.93. The van der Waals surface area contributed by atoms with Crippen LogP contribution in [0.4, 0.5) is 0 Å². The maximum atomic E-state index is 4.38. The van der Waals surface area contributed by atoms with E-state index in [1.54, 1.807) is 0 Å². The third-order valence-corrected chi connectivity index (χ3v) is 3.66. The van der Waals surface area contributed by atoms with E-state index >= 15 is 0 Å². The van der Waals surface area contributed by atoms with Crippen molar-refractivity contribution in [3.05, 3.63) is 29.7 Å². The molecule has 4 heteroatoms. The summed E-state index contributed by atoms with van der Waals surface area (Å²) in [5.74, 6) is 1.69. The summed E-state index contributed by atoms with van der Waals surface area (Å²) in [6.07, 6.45) is 4.51. The van der Waals surface area contributed by atoms with E-state index in [2.05, 4.69) is 45.7 Å². The Labute approximate surface area is 101 Å². The number of likely N-dealkylation sites (tertiary alicyclic amines) is 1. The monoisotopic (exact) mass is 230 g/mol. The van der Waals surface area contributed by atoms with Crippen LogP contribution in [0.5, 0.6) is 0 Å². The molecule has 17 heavy (non-hydrogen) atoms. The number of nitrogens with zero attached hydrogens (tertiary/aromatic N) is 4. The lowest BCUT2D eigenvalue weighted by Gasteiger charge is -2.27. The lowest BCUT2D eigenvalue weighted by molar-refractivity contribution is 0.250. The Kier molecular flexibility index (Phi) is 2.59. The van der Waals surface area contributed by atoms with E-state index in [1.807, 2.05) is 6.07 Å². The highest BCUT2D eigenvalue weighted by Crippen LogP contribution is 2.26. The number of piperidine rings is 1. The Bertz CT molecular complexity index is 523. The van der Waals surface area contributed by atoms with Crippen molar-refractivity contribution >= 4 is 5.65 Å². The molecule has 3 heterocycles. The second kappa shape index (κ2) is 4.11. The summed E-state index contributed by atoms with van der Waals surface area (Å²) in [6, 6.07) is 4.13. The van der Waals surface area contributed by atoms with Crippen LogP contribution in [0.3, 0.4) is 0 Å². The zero-order valence-electron chi connectivity index (χ0n) is 10.4. The van der Waals surface area contributed by atoms with Crippen LogP contribution >= 0.6 is 0 Å². The maximum absolute atomic E-state index is 4.38. The predicted octanol–water partition coefficient (Wildman–Crippen LogP) is 1.85. The molecule has 2 aromatic rings. The van der Waals surface area contributed by atoms with Crippen molar-refractivity contribution in [1.29, 1.82) is 0 Å². The molecule has 0 spiro atoms. The van der Waals surface area contributed by atoms with Gasteiger partial charge in [-0.2, -0.15) is 0 Å². The van der Waals surface area contributed by atoms with Crippen LogP contribution in [-0.2, 0) is 0 Å². The van der Waals surface area contributed by atoms with Crippen LogP contribution in [0.15, 0.2) is 18.3 Å². The SMILES string of the molecule is Cc1ccc2nnc(C3CCN(C)CC3)n2c1. The summed E-state index contributed by atoms with van der Waals surface area (Å²) in [5, 5.41) is 8.63. The van der Waals surface area contributed by atoms with Crippen molar-refractivity contribution in [2.75, 3.05) is 20.1 Å². The van der Waals surface area contributed by atoms with Gasteiger partial charge in [0.05, 0.1) is 0 Å². The van der Waals surface area contributed by atoms with E-state index in [-0.39, 0.29) is 0 Å². The fourth-order valence-electron chi connectivity index (χ4n) is 2.56. The van der Waals surface area contributed by atoms with Gasteiger partial charge in [0.15, 0.2) is 5.65 Å². The summed E-state index contributed by atoms with van der Waals surface area (Å²) in [5.41, 5.74) is 2.22. The second-order valence-corrected chi connectivity index (χ2v) is 5.07. The van der Waals surface area contributed by atoms with Crippen molar-refractivity contribution in [1.82, 2.24) is 19.5 Å². The molecule has 4 nitrogen and oxygen atoms in total. The van der Waals surface area contributed by atoms with Gasteiger partial charge >= 0.3 is 0 Å². The first-order chi connectivity index (χ1) is 8.24. The van der Waals surface area contributed by atoms with Crippen LogP contribution in [-0.4, -0.2) is 39.6 Å². The highest BCUT2D eigenvalue weighted by Gasteiger charge is 2.22. The summed E-state index contributed by atoms with van der Waals surface area (Å²) in [6.45, 7) is 4.43. The minimum atomic E-state index is 0.558. The predicted molar refractivity (Wildman–Crippen MR) is 67.2 cm³/mol. The van der Waals surface area contributed by atoms with Crippen molar-refractivity contribution in [3.8, 4) is 0 Å². The number of fused-ring (bicyclic) bond motifs is 1. The van der Waals surface area contributed by atoms with Crippen molar-refractivity contribution in [2.45, 2.75) is 25.7 Å². The molecule has 0 aliphatic carbocycles. The van der Waals surface area contributed by atoms with Gasteiger partial charge < -0.3 is 4.90 Å². The maximum Gasteiger partial charge on any atom is 0.160 e. The molecule has 3 rings (SSSR count). The zero-order valence-corrected chi connectivity index (χ0v) is 10.4. The second-order valence-electron chi connectivity index (χ2n) is 5.07. The Morgan fingerprint density at radius 1 is 1.18 bits per heavy atom. The molecule has 0 unspecified atom stereocenters. The smallest absolute Gasteiger partial charge is 0.160 e. The molecule has 0 saturated carbocycles. The fourth-order valence-corrected chi connectivity index (χ4v) is 2.56. The molecular weight excluding hydrogens is 212 g/mol. The van der Waals surface area contributed by atoms with Crippen LogP contribution in [0, 0.1) is 6.92 Å². The first-order valence-corrected chi connectivity index (χ1v) is 6.24. The van der Waals surface area contributed by atoms with E-state index in [9.17, 15) is 0 Å². The van der Waals surface area contributed by atoms with Gasteiger partial charge in [-0.3, -0.25) is 4.40 Å². The van der Waals surface area contributed by atoms with Gasteiger partial charge in [-0.25, -0.2) is 0 Å². The first-order valence-electron chi connectivity index (χ1n) is 6.24. The van der Waals surface area contributed by atoms with Gasteiger partial charge in [-0.1, -0.05) is 6.07 Å². The third-order valence-electron chi connectivity index (χ3n) is 3.66. The molecule has 0 N–H and O–H groups in total. The average molecular weight is 230 g/mol. The van der Waals surface area contributed by atoms with Gasteiger partial charge in [0.25, 0.3) is 0 Å². The van der Waals surface area contributed by atoms with Crippen molar-refractivity contribution in [2.24, 2.45) is 0 Å². The molecule has 0 atom stereocenters. The number of rotatable bonds is 1. The van der Waals surface area contributed by atoms with Gasteiger partial charge in [0.2, 0.25) is 0 Å². The molecule has 90 valence electrons. The largest absolute Gasteiger partial charge is 0.306 e. The molecule has 1 aliphatic rings. The number of hydrogen-bond donors (Lipinski definition) is 0. The molecule has 0 aromatic carbocycles. The topological polar surface area (TPSA) is 33.4 Å². The standard InChI is InChI=1S/C13H18N4/c1-10-3-4-12-14-15-13(17(12)9-10)11-5-7-16(2)8-6-11/h3-4,9,11H,5-8H2,1-2H3. The van der Waals surface area contributed by atoms with Crippen LogP contribution < -0.4 is 0 Å². The van der Waals surface area contributed by atoms with Crippen LogP contribution in [0.1, 0.15) is 30.1 Å². The van der Waals surface area contributed by atoms with E-state index in [4.69, 9.17) is 0 Å². The lowest BCUT2D eigenvalue weighted by Crippen LogP contribution is -2.29. The van der Waals surface area contributed by atoms with E-state index in [1.165, 1.54) is 18.4 Å². The van der Waals surface area contributed by atoms with E-state index in [0.29, 0.717) is 5.92 Å². The Morgan fingerprint density at radius 3 is 2.71 bits per heavy atom. The van der Waals surface area contributed by atoms with Gasteiger partial charge in [-0.05, 0) is 51.5 Å². The first kappa shape index (κ1) is 10.7. The number of aryl methyl sites for hydroxylation is 1. The van der Waals surface area contributed by atoms with Gasteiger partial charge in [0.1, 0.15) is 5.82 Å². The van der Waals surface area contributed by atoms with Crippen molar-refractivity contribution < 1.29 is 0 Å². The number of pyridine rings is 1. The van der Waals surface area contributed by atoms with Gasteiger partial charge in [-0.15, -0.1) is 10.2 Å².